The summed E-state index contributed by atoms with van der Waals surface area (Å²) in [5.74, 6) is -0.417. The quantitative estimate of drug-likeness (QED) is 0.871. The number of benzene rings is 1. The number of rotatable bonds is 3. The molecule has 2 N–H and O–H groups in total. The molecule has 88 valence electrons. The fourth-order valence-corrected chi connectivity index (χ4v) is 1.87. The maximum Gasteiger partial charge on any atom is 0.249 e. The fraction of sp³-hybridized carbons (Fsp3) is 0.231. The van der Waals surface area contributed by atoms with Crippen LogP contribution in [0.4, 0.5) is 0 Å². The number of carbonyl (C=O) groups is 1. The molecule has 1 heterocycles. The van der Waals surface area contributed by atoms with Gasteiger partial charge in [-0.25, -0.2) is 0 Å². The largest absolute Gasteiger partial charge is 0.366 e. The number of hydrogen-bond acceptors (Lipinski definition) is 2. The Labute approximate surface area is 100 Å². The van der Waals surface area contributed by atoms with Crippen LogP contribution in [0.5, 0.6) is 0 Å². The highest BCUT2D eigenvalue weighted by Gasteiger charge is 2.13. The van der Waals surface area contributed by atoms with Crippen molar-refractivity contribution in [2.45, 2.75) is 13.3 Å². The minimum atomic E-state index is -0.417. The van der Waals surface area contributed by atoms with Gasteiger partial charge in [0, 0.05) is 18.2 Å². The molecule has 2 rings (SSSR count). The van der Waals surface area contributed by atoms with Crippen molar-refractivity contribution in [1.29, 1.82) is 0 Å². The number of nitrogens with two attached hydrogens (primary N) is 1. The molecule has 1 amide bonds. The lowest BCUT2D eigenvalue weighted by molar-refractivity contribution is 0.100. The van der Waals surface area contributed by atoms with Gasteiger partial charge in [-0.1, -0.05) is 25.1 Å². The highest BCUT2D eigenvalue weighted by atomic mass is 16.1. The van der Waals surface area contributed by atoms with E-state index in [1.54, 1.807) is 16.8 Å². The van der Waals surface area contributed by atoms with Crippen molar-refractivity contribution in [3.05, 3.63) is 41.6 Å². The Hall–Kier alpha value is -2.10. The zero-order valence-electron chi connectivity index (χ0n) is 9.97. The van der Waals surface area contributed by atoms with Crippen LogP contribution in [0.1, 0.15) is 23.0 Å². The Balaban J connectivity index is 2.59. The van der Waals surface area contributed by atoms with E-state index in [9.17, 15) is 4.79 Å². The highest BCUT2D eigenvalue weighted by Crippen LogP contribution is 2.23. The predicted octanol–water partition coefficient (Wildman–Crippen LogP) is 1.75. The zero-order chi connectivity index (χ0) is 12.4. The molecule has 0 aliphatic rings. The Morgan fingerprint density at radius 1 is 1.41 bits per heavy atom. The molecule has 4 heteroatoms. The van der Waals surface area contributed by atoms with E-state index in [0.29, 0.717) is 5.56 Å². The Bertz CT molecular complexity index is 558. The van der Waals surface area contributed by atoms with Gasteiger partial charge in [0.05, 0.1) is 11.4 Å². The van der Waals surface area contributed by atoms with Crippen molar-refractivity contribution in [3.8, 4) is 11.3 Å². The van der Waals surface area contributed by atoms with Crippen LogP contribution in [0, 0.1) is 0 Å². The van der Waals surface area contributed by atoms with E-state index in [1.807, 2.05) is 32.2 Å². The third-order valence-corrected chi connectivity index (χ3v) is 2.76. The van der Waals surface area contributed by atoms with Gasteiger partial charge in [-0.05, 0) is 18.6 Å². The number of aryl methyl sites for hydroxylation is 2. The van der Waals surface area contributed by atoms with E-state index in [1.165, 1.54) is 0 Å². The van der Waals surface area contributed by atoms with Crippen molar-refractivity contribution in [3.63, 3.8) is 0 Å². The van der Waals surface area contributed by atoms with Crippen LogP contribution in [-0.4, -0.2) is 15.7 Å². The molecule has 1 aromatic heterocycles. The molecule has 0 fully saturated rings. The van der Waals surface area contributed by atoms with E-state index < -0.39 is 5.91 Å². The summed E-state index contributed by atoms with van der Waals surface area (Å²) in [6.07, 6.45) is 0.868. The lowest BCUT2D eigenvalue weighted by atomic mass is 10.0. The van der Waals surface area contributed by atoms with Crippen LogP contribution in [-0.2, 0) is 13.5 Å². The van der Waals surface area contributed by atoms with Crippen molar-refractivity contribution >= 4 is 5.91 Å². The normalized spacial score (nSPS) is 10.5. The summed E-state index contributed by atoms with van der Waals surface area (Å²) < 4.78 is 1.78. The van der Waals surface area contributed by atoms with Crippen molar-refractivity contribution < 1.29 is 4.79 Å². The Kier molecular flexibility index (Phi) is 2.95. The van der Waals surface area contributed by atoms with Gasteiger partial charge in [0.2, 0.25) is 5.91 Å². The second-order valence-corrected chi connectivity index (χ2v) is 3.91. The lowest BCUT2D eigenvalue weighted by Crippen LogP contribution is -2.12. The van der Waals surface area contributed by atoms with Gasteiger partial charge in [-0.2, -0.15) is 5.10 Å². The first-order valence-corrected chi connectivity index (χ1v) is 5.55. The molecule has 0 bridgehead atoms. The Morgan fingerprint density at radius 2 is 2.12 bits per heavy atom. The van der Waals surface area contributed by atoms with Gasteiger partial charge in [-0.15, -0.1) is 0 Å². The van der Waals surface area contributed by atoms with Gasteiger partial charge < -0.3 is 5.73 Å². The topological polar surface area (TPSA) is 60.9 Å². The summed E-state index contributed by atoms with van der Waals surface area (Å²) in [5.41, 5.74) is 8.64. The minimum absolute atomic E-state index is 0.417. The van der Waals surface area contributed by atoms with E-state index in [0.717, 1.165) is 23.4 Å². The SMILES string of the molecule is CCc1cc(-c2ccccc2C(N)=O)n(C)n1. The smallest absolute Gasteiger partial charge is 0.249 e. The molecule has 0 spiro atoms. The number of primary amides is 1. The maximum absolute atomic E-state index is 11.4. The van der Waals surface area contributed by atoms with Gasteiger partial charge in [0.1, 0.15) is 0 Å². The van der Waals surface area contributed by atoms with Gasteiger partial charge in [-0.3, -0.25) is 9.48 Å². The highest BCUT2D eigenvalue weighted by molar-refractivity contribution is 5.99. The molecule has 0 aliphatic heterocycles. The summed E-state index contributed by atoms with van der Waals surface area (Å²) >= 11 is 0. The van der Waals surface area contributed by atoms with E-state index in [2.05, 4.69) is 5.10 Å². The average molecular weight is 229 g/mol. The van der Waals surface area contributed by atoms with Crippen LogP contribution < -0.4 is 5.73 Å². The molecule has 0 atom stereocenters. The monoisotopic (exact) mass is 229 g/mol. The fourth-order valence-electron chi connectivity index (χ4n) is 1.87. The third kappa shape index (κ3) is 2.06. The van der Waals surface area contributed by atoms with Crippen molar-refractivity contribution in [2.75, 3.05) is 0 Å². The van der Waals surface area contributed by atoms with Crippen LogP contribution in [0.3, 0.4) is 0 Å². The standard InChI is InChI=1S/C13H15N3O/c1-3-9-8-12(16(2)15-9)10-6-4-5-7-11(10)13(14)17/h4-8H,3H2,1-2H3,(H2,14,17). The summed E-state index contributed by atoms with van der Waals surface area (Å²) in [6.45, 7) is 2.05. The summed E-state index contributed by atoms with van der Waals surface area (Å²) in [5, 5.41) is 4.37. The second kappa shape index (κ2) is 4.41. The summed E-state index contributed by atoms with van der Waals surface area (Å²) in [4.78, 5) is 11.4. The third-order valence-electron chi connectivity index (χ3n) is 2.76. The van der Waals surface area contributed by atoms with Crippen LogP contribution in [0.15, 0.2) is 30.3 Å². The second-order valence-electron chi connectivity index (χ2n) is 3.91. The molecule has 0 saturated heterocycles. The van der Waals surface area contributed by atoms with Crippen LogP contribution in [0.2, 0.25) is 0 Å². The molecule has 1 aromatic carbocycles. The number of hydrogen-bond donors (Lipinski definition) is 1. The average Bonchev–Trinajstić information content (AvgIpc) is 2.70. The summed E-state index contributed by atoms with van der Waals surface area (Å²) in [7, 11) is 1.87. The lowest BCUT2D eigenvalue weighted by Gasteiger charge is -2.06. The number of aromatic nitrogens is 2. The number of nitrogens with zero attached hydrogens (tertiary/aromatic N) is 2. The molecular weight excluding hydrogens is 214 g/mol. The van der Waals surface area contributed by atoms with Gasteiger partial charge in [0.15, 0.2) is 0 Å². The Morgan fingerprint density at radius 3 is 2.71 bits per heavy atom. The maximum atomic E-state index is 11.4. The molecule has 17 heavy (non-hydrogen) atoms. The predicted molar refractivity (Wildman–Crippen MR) is 66.5 cm³/mol. The van der Waals surface area contributed by atoms with E-state index >= 15 is 0 Å². The molecule has 0 saturated carbocycles. The molecule has 2 aromatic rings. The first kappa shape index (κ1) is 11.4. The van der Waals surface area contributed by atoms with Crippen LogP contribution >= 0.6 is 0 Å². The molecule has 0 aliphatic carbocycles. The molecule has 0 unspecified atom stereocenters. The van der Waals surface area contributed by atoms with Crippen molar-refractivity contribution in [2.24, 2.45) is 12.8 Å². The van der Waals surface area contributed by atoms with Crippen molar-refractivity contribution in [1.82, 2.24) is 9.78 Å². The van der Waals surface area contributed by atoms with E-state index in [-0.39, 0.29) is 0 Å². The zero-order valence-corrected chi connectivity index (χ0v) is 9.97. The first-order chi connectivity index (χ1) is 8.13. The first-order valence-electron chi connectivity index (χ1n) is 5.55. The summed E-state index contributed by atoms with van der Waals surface area (Å²) in [6, 6.07) is 9.30. The number of amides is 1. The van der Waals surface area contributed by atoms with E-state index in [4.69, 9.17) is 5.73 Å². The van der Waals surface area contributed by atoms with Gasteiger partial charge in [0.25, 0.3) is 0 Å². The minimum Gasteiger partial charge on any atom is -0.366 e. The molecule has 4 nitrogen and oxygen atoms in total. The van der Waals surface area contributed by atoms with Crippen LogP contribution in [0.25, 0.3) is 11.3 Å². The number of carbonyl (C=O) groups excluding carboxylic acids is 1. The molecule has 0 radical (unpaired) electrons. The molecular formula is C13H15N3O. The van der Waals surface area contributed by atoms with Gasteiger partial charge >= 0.3 is 0 Å².